The van der Waals surface area contributed by atoms with E-state index in [9.17, 15) is 44.0 Å². The van der Waals surface area contributed by atoms with Crippen LogP contribution in [0.5, 0.6) is 34.5 Å². The smallest absolute Gasteiger partial charge is 0.327 e. The second-order valence-electron chi connectivity index (χ2n) is 24.4. The SMILES string of the molecule is CCOc1cc([C@@H](CS(C)(=O)=O)n2c(=O)[nH]c3cc(-c4ncc(CCOc5cc([C@@H](CS(C)(=O)=O)n6c(=O)[nH]c7cc(-c8nccc(COc9cc([C@@H](CS(C)(=O)=O)n%10c(=O)[nH]c%11cc(-c%12ccc(F)cc%12)ccc%11%10)ccc9OC)c8F)ccc76)ccc5OC)nc4C)ccc32)ccc1OC. The molecule has 5 aromatic heterocycles. The largest absolute Gasteiger partial charge is 0.493 e. The van der Waals surface area contributed by atoms with Crippen LogP contribution in [0.2, 0.25) is 0 Å². The van der Waals surface area contributed by atoms with E-state index in [2.05, 4.69) is 19.9 Å². The highest BCUT2D eigenvalue weighted by Crippen LogP contribution is 2.39. The number of imidazole rings is 3. The number of methoxy groups -OCH3 is 3. The maximum absolute atomic E-state index is 16.9. The molecule has 0 bridgehead atoms. The van der Waals surface area contributed by atoms with Gasteiger partial charge in [-0.15, -0.1) is 0 Å². The molecule has 524 valence electrons. The summed E-state index contributed by atoms with van der Waals surface area (Å²) in [6.07, 6.45) is 6.47. The molecule has 12 aromatic rings. The summed E-state index contributed by atoms with van der Waals surface area (Å²) in [6.45, 7) is 3.62. The number of aryl methyl sites for hydroxylation is 1. The van der Waals surface area contributed by atoms with Crippen LogP contribution in [0.25, 0.3) is 66.7 Å². The molecule has 3 N–H and O–H groups in total. The Labute approximate surface area is 577 Å². The average Bonchev–Trinajstić information content (AvgIpc) is 1.62. The first-order valence-electron chi connectivity index (χ1n) is 31.6. The third kappa shape index (κ3) is 15.2. The van der Waals surface area contributed by atoms with Gasteiger partial charge in [0.05, 0.1) is 120 Å². The van der Waals surface area contributed by atoms with Crippen LogP contribution in [0.3, 0.4) is 0 Å². The van der Waals surface area contributed by atoms with E-state index in [1.54, 1.807) is 122 Å². The van der Waals surface area contributed by atoms with Gasteiger partial charge in [0.15, 0.2) is 40.3 Å². The lowest BCUT2D eigenvalue weighted by Gasteiger charge is -2.21. The van der Waals surface area contributed by atoms with Crippen LogP contribution in [0, 0.1) is 18.6 Å². The number of nitrogens with one attached hydrogen (secondary N) is 3. The van der Waals surface area contributed by atoms with Crippen molar-refractivity contribution in [2.75, 3.05) is 70.6 Å². The Hall–Kier alpha value is -10.9. The van der Waals surface area contributed by atoms with Crippen molar-refractivity contribution in [3.8, 4) is 68.1 Å². The average molecular weight is 1430 g/mol. The van der Waals surface area contributed by atoms with Gasteiger partial charge in [-0.1, -0.05) is 48.5 Å². The van der Waals surface area contributed by atoms with E-state index in [-0.39, 0.29) is 65.0 Å². The predicted octanol–water partition coefficient (Wildman–Crippen LogP) is 9.92. The van der Waals surface area contributed by atoms with Crippen molar-refractivity contribution in [3.63, 3.8) is 0 Å². The number of rotatable bonds is 27. The zero-order valence-electron chi connectivity index (χ0n) is 55.9. The van der Waals surface area contributed by atoms with Crippen LogP contribution in [0.4, 0.5) is 8.78 Å². The molecule has 3 atom stereocenters. The quantitative estimate of drug-likeness (QED) is 0.0431. The Balaban J connectivity index is 0.761. The number of nitrogens with zero attached hydrogens (tertiary/aromatic N) is 6. The van der Waals surface area contributed by atoms with E-state index in [1.165, 1.54) is 71.6 Å². The van der Waals surface area contributed by atoms with E-state index in [4.69, 9.17) is 38.4 Å². The summed E-state index contributed by atoms with van der Waals surface area (Å²) < 4.78 is 148. The summed E-state index contributed by atoms with van der Waals surface area (Å²) in [4.78, 5) is 64.1. The van der Waals surface area contributed by atoms with Crippen LogP contribution >= 0.6 is 0 Å². The molecule has 7 aromatic carbocycles. The van der Waals surface area contributed by atoms with Crippen molar-refractivity contribution in [1.82, 2.24) is 43.6 Å². The van der Waals surface area contributed by atoms with Crippen molar-refractivity contribution < 1.29 is 62.5 Å². The molecule has 0 fully saturated rings. The van der Waals surface area contributed by atoms with E-state index in [0.29, 0.717) is 102 Å². The van der Waals surface area contributed by atoms with Crippen LogP contribution < -0.4 is 45.5 Å². The fourth-order valence-electron chi connectivity index (χ4n) is 12.6. The minimum Gasteiger partial charge on any atom is -0.493 e. The van der Waals surface area contributed by atoms with Gasteiger partial charge in [-0.05, 0) is 133 Å². The molecule has 12 rings (SSSR count). The van der Waals surface area contributed by atoms with Gasteiger partial charge < -0.3 is 43.4 Å². The van der Waals surface area contributed by atoms with Gasteiger partial charge >= 0.3 is 17.1 Å². The fourth-order valence-corrected chi connectivity index (χ4v) is 15.3. The predicted molar refractivity (Wildman–Crippen MR) is 379 cm³/mol. The Kier molecular flexibility index (Phi) is 19.7. The molecule has 0 aliphatic heterocycles. The monoisotopic (exact) mass is 1430 g/mol. The van der Waals surface area contributed by atoms with Crippen molar-refractivity contribution in [3.05, 3.63) is 229 Å². The first-order valence-corrected chi connectivity index (χ1v) is 37.8. The Bertz CT molecular complexity index is 5730. The van der Waals surface area contributed by atoms with Crippen molar-refractivity contribution >= 4 is 62.6 Å². The standard InChI is InChI=1S/C72H69F2N9O15S3/c1-9-96-64-33-44(15-23-61(64)93-3)58(38-99(6,87)88)82-56-21-13-47(31-53(56)79-71(82)85)68-41(2)77-51(36-76-68)27-29-97-65-34-45(16-24-62(65)94-4)59(39-100(7,89)90)83-57-22-14-48(32-54(57)80-72(83)86)69-67(74)49(26-28-75-69)37-98-66-35-46(17-25-63(66)95-5)60(40-101(8,91)92)81-55-20-12-43(30-52(55)78-70(81)84)42-10-18-50(73)19-11-42/h10-26,28,30-36,58-60H,9,27,29,37-40H2,1-8H3,(H,78,84)(H,79,85)(H,80,86)/t58-,59-,60-/m1/s1. The molecular weight excluding hydrogens is 1370 g/mol. The van der Waals surface area contributed by atoms with E-state index < -0.39 is 87.8 Å². The van der Waals surface area contributed by atoms with Gasteiger partial charge in [0, 0.05) is 54.3 Å². The number of benzene rings is 7. The molecule has 29 heteroatoms. The van der Waals surface area contributed by atoms with Gasteiger partial charge in [-0.25, -0.2) is 48.4 Å². The normalized spacial score (nSPS) is 13.0. The van der Waals surface area contributed by atoms with E-state index in [0.717, 1.165) is 18.8 Å². The molecule has 0 aliphatic carbocycles. The number of aromatic amines is 3. The van der Waals surface area contributed by atoms with Crippen LogP contribution in [0.1, 0.15) is 58.7 Å². The number of ether oxygens (including phenoxy) is 6. The van der Waals surface area contributed by atoms with Crippen molar-refractivity contribution in [2.45, 2.75) is 45.0 Å². The molecule has 0 spiro atoms. The number of pyridine rings is 1. The molecular formula is C72H69F2N9O15S3. The summed E-state index contributed by atoms with van der Waals surface area (Å²) in [5.74, 6) is -0.805. The van der Waals surface area contributed by atoms with Crippen molar-refractivity contribution in [1.29, 1.82) is 0 Å². The number of hydrogen-bond donors (Lipinski definition) is 3. The maximum atomic E-state index is 16.9. The second kappa shape index (κ2) is 28.4. The number of aromatic nitrogens is 9. The summed E-state index contributed by atoms with van der Waals surface area (Å²) >= 11 is 0. The first-order chi connectivity index (χ1) is 48.2. The third-order valence-electron chi connectivity index (χ3n) is 17.2. The molecule has 0 aliphatic rings. The first kappa shape index (κ1) is 70.0. The molecule has 0 amide bonds. The number of fused-ring (bicyclic) bond motifs is 3. The Morgan fingerprint density at radius 1 is 0.475 bits per heavy atom. The van der Waals surface area contributed by atoms with E-state index >= 15 is 4.39 Å². The zero-order valence-corrected chi connectivity index (χ0v) is 58.4. The molecule has 5 heterocycles. The summed E-state index contributed by atoms with van der Waals surface area (Å²) in [7, 11) is -6.81. The Morgan fingerprint density at radius 3 is 1.33 bits per heavy atom. The number of halogens is 2. The summed E-state index contributed by atoms with van der Waals surface area (Å²) in [6, 6.07) is 33.8. The molecule has 0 saturated heterocycles. The Morgan fingerprint density at radius 2 is 0.891 bits per heavy atom. The third-order valence-corrected chi connectivity index (χ3v) is 19.9. The van der Waals surface area contributed by atoms with Gasteiger partial charge in [-0.3, -0.25) is 28.7 Å². The zero-order chi connectivity index (χ0) is 71.8. The highest BCUT2D eigenvalue weighted by Gasteiger charge is 2.30. The second-order valence-corrected chi connectivity index (χ2v) is 31.0. The van der Waals surface area contributed by atoms with Crippen LogP contribution in [0.15, 0.2) is 166 Å². The minimum atomic E-state index is -3.80. The number of H-pyrrole nitrogens is 3. The lowest BCUT2D eigenvalue weighted by molar-refractivity contribution is 0.279. The van der Waals surface area contributed by atoms with Crippen molar-refractivity contribution in [2.24, 2.45) is 0 Å². The van der Waals surface area contributed by atoms with Gasteiger partial charge in [0.1, 0.15) is 47.6 Å². The lowest BCUT2D eigenvalue weighted by Crippen LogP contribution is -2.28. The van der Waals surface area contributed by atoms with Gasteiger partial charge in [0.25, 0.3) is 0 Å². The minimum absolute atomic E-state index is 0.0565. The highest BCUT2D eigenvalue weighted by atomic mass is 32.2. The topological polar surface area (TPSA) is 310 Å². The van der Waals surface area contributed by atoms with E-state index in [1.807, 2.05) is 6.92 Å². The van der Waals surface area contributed by atoms with Gasteiger partial charge in [0.2, 0.25) is 0 Å². The number of sulfone groups is 3. The summed E-state index contributed by atoms with van der Waals surface area (Å²) in [5, 5.41) is 0. The lowest BCUT2D eigenvalue weighted by atomic mass is 10.0. The maximum Gasteiger partial charge on any atom is 0.327 e. The van der Waals surface area contributed by atoms with Crippen LogP contribution in [-0.2, 0) is 42.5 Å². The van der Waals surface area contributed by atoms with Crippen LogP contribution in [-0.4, -0.2) is 139 Å². The number of hydrogen-bond acceptors (Lipinski definition) is 18. The van der Waals surface area contributed by atoms with Gasteiger partial charge in [-0.2, -0.15) is 0 Å². The molecule has 101 heavy (non-hydrogen) atoms. The molecule has 0 unspecified atom stereocenters. The molecule has 0 saturated carbocycles. The summed E-state index contributed by atoms with van der Waals surface area (Å²) in [5.41, 5.74) is 5.63. The molecule has 0 radical (unpaired) electrons. The highest BCUT2D eigenvalue weighted by molar-refractivity contribution is 7.91. The molecule has 24 nitrogen and oxygen atoms in total. The fraction of sp³-hybridized carbons (Fsp3) is 0.250.